The molecule has 0 spiro atoms. The summed E-state index contributed by atoms with van der Waals surface area (Å²) in [6.07, 6.45) is 1.94. The van der Waals surface area contributed by atoms with Gasteiger partial charge < -0.3 is 8.83 Å². The summed E-state index contributed by atoms with van der Waals surface area (Å²) in [7, 11) is 0. The van der Waals surface area contributed by atoms with Gasteiger partial charge in [0, 0.05) is 49.0 Å². The van der Waals surface area contributed by atoms with Crippen molar-refractivity contribution in [2.75, 3.05) is 0 Å². The van der Waals surface area contributed by atoms with E-state index in [2.05, 4.69) is 157 Å². The number of rotatable bonds is 3. The molecule has 0 aliphatic rings. The van der Waals surface area contributed by atoms with Gasteiger partial charge in [-0.25, -0.2) is 4.98 Å². The van der Waals surface area contributed by atoms with Crippen LogP contribution < -0.4 is 0 Å². The van der Waals surface area contributed by atoms with Gasteiger partial charge in [-0.15, -0.1) is 0 Å². The quantitative estimate of drug-likeness (QED) is 0.170. The molecule has 11 aromatic rings. The third-order valence-corrected chi connectivity index (χ3v) is 11.6. The summed E-state index contributed by atoms with van der Waals surface area (Å²) in [5, 5.41) is 9.09. The number of nitrogens with zero attached hydrogens (tertiary/aromatic N) is 2. The molecule has 0 fully saturated rings. The number of hydrogen-bond acceptors (Lipinski definition) is 4. The molecule has 8 aromatic carbocycles. The molecule has 56 heavy (non-hydrogen) atoms. The van der Waals surface area contributed by atoms with Gasteiger partial charge in [0.05, 0.1) is 22.9 Å². The van der Waals surface area contributed by atoms with Crippen molar-refractivity contribution >= 4 is 76.5 Å². The Kier molecular flexibility index (Phi) is 6.91. The van der Waals surface area contributed by atoms with Crippen LogP contribution in [-0.2, 0) is 0 Å². The first-order chi connectivity index (χ1) is 27.2. The van der Waals surface area contributed by atoms with Crippen molar-refractivity contribution in [2.24, 2.45) is 0 Å². The highest BCUT2D eigenvalue weighted by atomic mass is 16.3. The third-order valence-electron chi connectivity index (χ3n) is 11.6. The second-order valence-electron chi connectivity index (χ2n) is 15.8. The fraction of sp³-hybridized carbons (Fsp3) is 0.115. The van der Waals surface area contributed by atoms with E-state index in [1.807, 2.05) is 6.20 Å². The number of furan rings is 2. The summed E-state index contributed by atoms with van der Waals surface area (Å²) in [6.45, 7) is 12.9. The largest absolute Gasteiger partial charge is 0.455 e. The predicted molar refractivity (Wildman–Crippen MR) is 234 cm³/mol. The minimum Gasteiger partial charge on any atom is -0.455 e. The van der Waals surface area contributed by atoms with Gasteiger partial charge in [-0.2, -0.15) is 0 Å². The Morgan fingerprint density at radius 2 is 0.786 bits per heavy atom. The lowest BCUT2D eigenvalue weighted by Crippen LogP contribution is -1.94. The van der Waals surface area contributed by atoms with Gasteiger partial charge in [-0.1, -0.05) is 60.7 Å². The number of aromatic nitrogens is 2. The van der Waals surface area contributed by atoms with Crippen molar-refractivity contribution in [2.45, 2.75) is 41.5 Å². The average molecular weight is 723 g/mol. The summed E-state index contributed by atoms with van der Waals surface area (Å²) >= 11 is 0. The van der Waals surface area contributed by atoms with E-state index < -0.39 is 0 Å². The van der Waals surface area contributed by atoms with Gasteiger partial charge in [-0.05, 0) is 151 Å². The first-order valence-electron chi connectivity index (χ1n) is 19.3. The standard InChI is InChI=1S/C52H38N2O2/c1-27-15-31(5)49-42(19-27)44-21-29(3)17-40(51(44)55-49)33-23-34(41-18-30(4)22-45-43-20-28(2)16-32(6)50(43)56-52(41)45)25-35(24-33)46-26-53-47-38-13-9-7-11-36(38)37-12-8-10-14-39(37)48(47)54-46/h7-26H,1-6H3. The second-order valence-corrected chi connectivity index (χ2v) is 15.8. The van der Waals surface area contributed by atoms with Gasteiger partial charge in [0.1, 0.15) is 22.3 Å². The molecule has 11 rings (SSSR count). The molecule has 3 aromatic heterocycles. The van der Waals surface area contributed by atoms with E-state index in [0.717, 1.165) is 110 Å². The van der Waals surface area contributed by atoms with Crippen LogP contribution in [0.15, 0.2) is 130 Å². The van der Waals surface area contributed by atoms with Crippen LogP contribution in [0.5, 0.6) is 0 Å². The Hall–Kier alpha value is -6.78. The summed E-state index contributed by atoms with van der Waals surface area (Å²) in [4.78, 5) is 10.6. The minimum absolute atomic E-state index is 0.806. The lowest BCUT2D eigenvalue weighted by molar-refractivity contribution is 0.666. The van der Waals surface area contributed by atoms with E-state index in [1.165, 1.54) is 33.0 Å². The van der Waals surface area contributed by atoms with Crippen molar-refractivity contribution < 1.29 is 8.83 Å². The van der Waals surface area contributed by atoms with Crippen LogP contribution in [0.4, 0.5) is 0 Å². The van der Waals surface area contributed by atoms with Crippen LogP contribution in [0.25, 0.3) is 110 Å². The van der Waals surface area contributed by atoms with Crippen molar-refractivity contribution in [1.82, 2.24) is 9.97 Å². The molecular formula is C52H38N2O2. The van der Waals surface area contributed by atoms with E-state index in [0.29, 0.717) is 0 Å². The maximum atomic E-state index is 6.82. The fourth-order valence-electron chi connectivity index (χ4n) is 9.23. The van der Waals surface area contributed by atoms with E-state index in [-0.39, 0.29) is 0 Å². The molecule has 0 N–H and O–H groups in total. The smallest absolute Gasteiger partial charge is 0.143 e. The van der Waals surface area contributed by atoms with Gasteiger partial charge in [0.25, 0.3) is 0 Å². The number of benzene rings is 8. The van der Waals surface area contributed by atoms with Crippen LogP contribution in [0.2, 0.25) is 0 Å². The second kappa shape index (κ2) is 11.9. The van der Waals surface area contributed by atoms with E-state index in [9.17, 15) is 0 Å². The maximum absolute atomic E-state index is 6.82. The summed E-state index contributed by atoms with van der Waals surface area (Å²) in [5.74, 6) is 0. The topological polar surface area (TPSA) is 52.1 Å². The molecule has 0 saturated carbocycles. The van der Waals surface area contributed by atoms with E-state index in [1.54, 1.807) is 0 Å². The molecule has 0 saturated heterocycles. The molecule has 4 heteroatoms. The zero-order chi connectivity index (χ0) is 38.0. The summed E-state index contributed by atoms with van der Waals surface area (Å²) in [5.41, 5.74) is 18.4. The highest BCUT2D eigenvalue weighted by molar-refractivity contribution is 6.23. The molecule has 0 radical (unpaired) electrons. The molecule has 0 atom stereocenters. The number of hydrogen-bond donors (Lipinski definition) is 0. The Morgan fingerprint density at radius 1 is 0.375 bits per heavy atom. The Bertz CT molecular complexity index is 3310. The average Bonchev–Trinajstić information content (AvgIpc) is 3.75. The van der Waals surface area contributed by atoms with Crippen LogP contribution in [0.1, 0.15) is 33.4 Å². The van der Waals surface area contributed by atoms with Crippen LogP contribution >= 0.6 is 0 Å². The molecule has 268 valence electrons. The van der Waals surface area contributed by atoms with Gasteiger partial charge in [-0.3, -0.25) is 4.98 Å². The predicted octanol–water partition coefficient (Wildman–Crippen LogP) is 14.6. The van der Waals surface area contributed by atoms with Crippen molar-refractivity contribution in [3.05, 3.63) is 155 Å². The van der Waals surface area contributed by atoms with E-state index in [4.69, 9.17) is 18.8 Å². The van der Waals surface area contributed by atoms with Gasteiger partial charge >= 0.3 is 0 Å². The first-order valence-corrected chi connectivity index (χ1v) is 19.3. The SMILES string of the molecule is Cc1cc(C)c2oc3c(-c4cc(-c5cnc6c7ccccc7c7ccccc7c6n5)cc(-c5cc(C)cc6c5oc5c(C)cc(C)cc56)c4)cc(C)cc3c2c1. The fourth-order valence-corrected chi connectivity index (χ4v) is 9.23. The normalized spacial score (nSPS) is 12.1. The highest BCUT2D eigenvalue weighted by Crippen LogP contribution is 2.44. The van der Waals surface area contributed by atoms with Crippen molar-refractivity contribution in [3.63, 3.8) is 0 Å². The van der Waals surface area contributed by atoms with Crippen LogP contribution in [-0.4, -0.2) is 9.97 Å². The highest BCUT2D eigenvalue weighted by Gasteiger charge is 2.21. The third kappa shape index (κ3) is 4.85. The Morgan fingerprint density at radius 3 is 1.29 bits per heavy atom. The molecule has 0 amide bonds. The molecule has 0 unspecified atom stereocenters. The maximum Gasteiger partial charge on any atom is 0.143 e. The molecular weight excluding hydrogens is 685 g/mol. The molecule has 0 aliphatic heterocycles. The van der Waals surface area contributed by atoms with Crippen molar-refractivity contribution in [1.29, 1.82) is 0 Å². The van der Waals surface area contributed by atoms with Gasteiger partial charge in [0.2, 0.25) is 0 Å². The molecule has 0 bridgehead atoms. The molecule has 4 nitrogen and oxygen atoms in total. The minimum atomic E-state index is 0.806. The Balaban J connectivity index is 1.23. The molecule has 0 aliphatic carbocycles. The summed E-state index contributed by atoms with van der Waals surface area (Å²) in [6, 6.07) is 41.7. The monoisotopic (exact) mass is 722 g/mol. The first kappa shape index (κ1) is 32.6. The zero-order valence-corrected chi connectivity index (χ0v) is 32.3. The van der Waals surface area contributed by atoms with Crippen molar-refractivity contribution in [3.8, 4) is 33.5 Å². The van der Waals surface area contributed by atoms with E-state index >= 15 is 0 Å². The lowest BCUT2D eigenvalue weighted by Gasteiger charge is -2.14. The number of aryl methyl sites for hydroxylation is 6. The van der Waals surface area contributed by atoms with Crippen LogP contribution in [0.3, 0.4) is 0 Å². The lowest BCUT2D eigenvalue weighted by atomic mass is 9.91. The molecule has 3 heterocycles. The zero-order valence-electron chi connectivity index (χ0n) is 32.3. The number of fused-ring (bicyclic) bond motifs is 12. The Labute approximate surface area is 324 Å². The summed E-state index contributed by atoms with van der Waals surface area (Å²) < 4.78 is 13.6. The van der Waals surface area contributed by atoms with Crippen LogP contribution in [0, 0.1) is 41.5 Å². The van der Waals surface area contributed by atoms with Gasteiger partial charge in [0.15, 0.2) is 0 Å².